The van der Waals surface area contributed by atoms with Crippen LogP contribution in [0.3, 0.4) is 0 Å². The number of esters is 1. The number of hydrogen-bond donors (Lipinski definition) is 0. The number of hydrogen-bond acceptors (Lipinski definition) is 5. The van der Waals surface area contributed by atoms with Gasteiger partial charge in [0.15, 0.2) is 6.61 Å². The summed E-state index contributed by atoms with van der Waals surface area (Å²) < 4.78 is 16.4. The summed E-state index contributed by atoms with van der Waals surface area (Å²) in [5.74, 6) is 1.75. The van der Waals surface area contributed by atoms with Crippen molar-refractivity contribution in [2.75, 3.05) is 19.8 Å². The zero-order valence-electron chi connectivity index (χ0n) is 17.6. The molecule has 150 valence electrons. The Hall–Kier alpha value is -2.08. The molecule has 28 heavy (non-hydrogen) atoms. The van der Waals surface area contributed by atoms with E-state index in [-0.39, 0.29) is 12.6 Å². The smallest absolute Gasteiger partial charge is 0.344 e. The van der Waals surface area contributed by atoms with Crippen LogP contribution in [0.5, 0.6) is 11.5 Å². The van der Waals surface area contributed by atoms with Gasteiger partial charge in [0, 0.05) is 9.79 Å². The standard InChI is InChI=1S/C22H29BO4S/c1-6-25-22(24)13-27-20-7-16(5)21(8-15(20)4)28-19-10-17(23)9-18(11-19)26-12-14(2)3/h7-11,14H,6,12-13,23H2,1-5H3. The van der Waals surface area contributed by atoms with Gasteiger partial charge in [-0.1, -0.05) is 37.1 Å². The first-order chi connectivity index (χ1) is 13.3. The SMILES string of the molecule is Bc1cc(OCC(C)C)cc(Sc2cc(C)c(OCC(=O)OCC)cc2C)c1. The highest BCUT2D eigenvalue weighted by Gasteiger charge is 2.11. The summed E-state index contributed by atoms with van der Waals surface area (Å²) >= 11 is 1.71. The van der Waals surface area contributed by atoms with Gasteiger partial charge in [0.05, 0.1) is 13.2 Å². The van der Waals surface area contributed by atoms with Crippen molar-refractivity contribution < 1.29 is 19.0 Å². The van der Waals surface area contributed by atoms with Crippen molar-refractivity contribution >= 4 is 31.0 Å². The number of benzene rings is 2. The van der Waals surface area contributed by atoms with Gasteiger partial charge in [0.1, 0.15) is 19.3 Å². The summed E-state index contributed by atoms with van der Waals surface area (Å²) in [5.41, 5.74) is 3.26. The first-order valence-electron chi connectivity index (χ1n) is 9.60. The molecule has 2 aromatic carbocycles. The van der Waals surface area contributed by atoms with Crippen molar-refractivity contribution in [1.29, 1.82) is 0 Å². The van der Waals surface area contributed by atoms with E-state index in [4.69, 9.17) is 14.2 Å². The quantitative estimate of drug-likeness (QED) is 0.475. The predicted molar refractivity (Wildman–Crippen MR) is 117 cm³/mol. The number of carbonyl (C=O) groups excluding carboxylic acids is 1. The highest BCUT2D eigenvalue weighted by molar-refractivity contribution is 7.99. The molecule has 0 amide bonds. The number of rotatable bonds is 9. The van der Waals surface area contributed by atoms with Crippen molar-refractivity contribution in [2.45, 2.75) is 44.4 Å². The third kappa shape index (κ3) is 6.82. The minimum absolute atomic E-state index is 0.0744. The van der Waals surface area contributed by atoms with Gasteiger partial charge in [-0.15, -0.1) is 0 Å². The van der Waals surface area contributed by atoms with E-state index in [0.29, 0.717) is 24.9 Å². The lowest BCUT2D eigenvalue weighted by atomic mass is 9.96. The first kappa shape index (κ1) is 22.2. The van der Waals surface area contributed by atoms with E-state index in [0.717, 1.165) is 26.7 Å². The summed E-state index contributed by atoms with van der Waals surface area (Å²) in [6, 6.07) is 10.4. The Labute approximate surface area is 173 Å². The fourth-order valence-corrected chi connectivity index (χ4v) is 3.74. The molecule has 0 N–H and O–H groups in total. The Balaban J connectivity index is 2.14. The molecule has 6 heteroatoms. The van der Waals surface area contributed by atoms with Crippen molar-refractivity contribution in [1.82, 2.24) is 0 Å². The van der Waals surface area contributed by atoms with Gasteiger partial charge < -0.3 is 14.2 Å². The number of aryl methyl sites for hydroxylation is 2. The van der Waals surface area contributed by atoms with Crippen LogP contribution in [0.25, 0.3) is 0 Å². The molecule has 0 spiro atoms. The molecule has 0 atom stereocenters. The summed E-state index contributed by atoms with van der Waals surface area (Å²) in [5, 5.41) is 0. The van der Waals surface area contributed by atoms with Crippen LogP contribution < -0.4 is 14.9 Å². The van der Waals surface area contributed by atoms with E-state index < -0.39 is 0 Å². The van der Waals surface area contributed by atoms with E-state index in [9.17, 15) is 4.79 Å². The monoisotopic (exact) mass is 400 g/mol. The molecule has 2 rings (SSSR count). The Morgan fingerprint density at radius 3 is 2.50 bits per heavy atom. The van der Waals surface area contributed by atoms with E-state index in [2.05, 4.69) is 46.0 Å². The minimum atomic E-state index is -0.355. The summed E-state index contributed by atoms with van der Waals surface area (Å²) in [4.78, 5) is 13.8. The molecule has 0 aliphatic rings. The minimum Gasteiger partial charge on any atom is -0.493 e. The third-order valence-electron chi connectivity index (χ3n) is 3.96. The molecule has 0 heterocycles. The summed E-state index contributed by atoms with van der Waals surface area (Å²) in [6.45, 7) is 11.1. The van der Waals surface area contributed by atoms with E-state index >= 15 is 0 Å². The van der Waals surface area contributed by atoms with Crippen molar-refractivity contribution in [3.05, 3.63) is 41.5 Å². The molecule has 0 fully saturated rings. The van der Waals surface area contributed by atoms with Gasteiger partial charge >= 0.3 is 5.97 Å². The van der Waals surface area contributed by atoms with Gasteiger partial charge in [0.2, 0.25) is 0 Å². The number of carbonyl (C=O) groups is 1. The molecular weight excluding hydrogens is 371 g/mol. The molecule has 4 nitrogen and oxygen atoms in total. The Kier molecular flexibility index (Phi) is 8.30. The maximum Gasteiger partial charge on any atom is 0.344 e. The lowest BCUT2D eigenvalue weighted by molar-refractivity contribution is -0.145. The molecule has 0 aliphatic carbocycles. The second-order valence-electron chi connectivity index (χ2n) is 7.27. The van der Waals surface area contributed by atoms with Crippen LogP contribution in [0.2, 0.25) is 0 Å². The van der Waals surface area contributed by atoms with Crippen LogP contribution >= 0.6 is 11.8 Å². The zero-order valence-corrected chi connectivity index (χ0v) is 18.4. The molecule has 2 aromatic rings. The Morgan fingerprint density at radius 1 is 1.07 bits per heavy atom. The highest BCUT2D eigenvalue weighted by atomic mass is 32.2. The fraction of sp³-hybridized carbons (Fsp3) is 0.409. The largest absolute Gasteiger partial charge is 0.493 e. The molecule has 0 radical (unpaired) electrons. The van der Waals surface area contributed by atoms with E-state index in [1.807, 2.05) is 19.9 Å². The lowest BCUT2D eigenvalue weighted by Gasteiger charge is -2.14. The molecule has 0 bridgehead atoms. The van der Waals surface area contributed by atoms with Gasteiger partial charge in [-0.05, 0) is 62.1 Å². The van der Waals surface area contributed by atoms with Crippen LogP contribution in [-0.4, -0.2) is 33.6 Å². The predicted octanol–water partition coefficient (Wildman–Crippen LogP) is 3.69. The van der Waals surface area contributed by atoms with Crippen molar-refractivity contribution in [3.8, 4) is 11.5 Å². The maximum absolute atomic E-state index is 11.5. The van der Waals surface area contributed by atoms with Crippen molar-refractivity contribution in [2.24, 2.45) is 5.92 Å². The van der Waals surface area contributed by atoms with Gasteiger partial charge in [-0.25, -0.2) is 4.79 Å². The molecule has 0 unspecified atom stereocenters. The second-order valence-corrected chi connectivity index (χ2v) is 8.38. The topological polar surface area (TPSA) is 44.8 Å². The van der Waals surface area contributed by atoms with Crippen LogP contribution in [0.15, 0.2) is 40.1 Å². The van der Waals surface area contributed by atoms with Crippen LogP contribution in [0.1, 0.15) is 31.9 Å². The maximum atomic E-state index is 11.5. The molecule has 0 aromatic heterocycles. The highest BCUT2D eigenvalue weighted by Crippen LogP contribution is 2.35. The molecule has 0 saturated heterocycles. The van der Waals surface area contributed by atoms with E-state index in [1.54, 1.807) is 18.7 Å². The summed E-state index contributed by atoms with van der Waals surface area (Å²) in [7, 11) is 2.08. The average molecular weight is 400 g/mol. The van der Waals surface area contributed by atoms with Crippen LogP contribution in [0.4, 0.5) is 0 Å². The first-order valence-corrected chi connectivity index (χ1v) is 10.4. The van der Waals surface area contributed by atoms with Gasteiger partial charge in [0.25, 0.3) is 0 Å². The fourth-order valence-electron chi connectivity index (χ4n) is 2.61. The van der Waals surface area contributed by atoms with Crippen LogP contribution in [-0.2, 0) is 9.53 Å². The Morgan fingerprint density at radius 2 is 1.82 bits per heavy atom. The van der Waals surface area contributed by atoms with E-state index in [1.165, 1.54) is 5.46 Å². The molecule has 0 saturated carbocycles. The second kappa shape index (κ2) is 10.5. The van der Waals surface area contributed by atoms with Gasteiger partial charge in [-0.2, -0.15) is 0 Å². The number of ether oxygens (including phenoxy) is 3. The van der Waals surface area contributed by atoms with Crippen LogP contribution in [0, 0.1) is 19.8 Å². The Bertz CT molecular complexity index is 820. The zero-order chi connectivity index (χ0) is 20.7. The molecular formula is C22H29BO4S. The lowest BCUT2D eigenvalue weighted by Crippen LogP contribution is -2.15. The normalized spacial score (nSPS) is 10.8. The summed E-state index contributed by atoms with van der Waals surface area (Å²) in [6.07, 6.45) is 0. The van der Waals surface area contributed by atoms with Crippen molar-refractivity contribution in [3.63, 3.8) is 0 Å². The van der Waals surface area contributed by atoms with Gasteiger partial charge in [-0.3, -0.25) is 0 Å². The average Bonchev–Trinajstić information content (AvgIpc) is 2.61. The third-order valence-corrected chi connectivity index (χ3v) is 5.09. The molecule has 0 aliphatic heterocycles.